The zero-order chi connectivity index (χ0) is 30.6. The number of nitrogens with zero attached hydrogens (tertiary/aromatic N) is 2. The molecule has 1 amide bonds. The molecule has 1 fully saturated rings. The second-order valence-corrected chi connectivity index (χ2v) is 13.5. The lowest BCUT2D eigenvalue weighted by molar-refractivity contribution is -0.128. The lowest BCUT2D eigenvalue weighted by Gasteiger charge is -2.22. The number of amides is 1. The summed E-state index contributed by atoms with van der Waals surface area (Å²) in [6.07, 6.45) is 7.22. The summed E-state index contributed by atoms with van der Waals surface area (Å²) in [6, 6.07) is 24.0. The molecular formula is C34H38N6OS3. The molecule has 0 aliphatic carbocycles. The number of hydrogen-bond donors (Lipinski definition) is 4. The first kappa shape index (κ1) is 31.7. The molecule has 1 saturated heterocycles. The third kappa shape index (κ3) is 9.65. The van der Waals surface area contributed by atoms with Crippen molar-refractivity contribution >= 4 is 63.4 Å². The average molecular weight is 643 g/mol. The van der Waals surface area contributed by atoms with Crippen LogP contribution in [0.3, 0.4) is 0 Å². The topological polar surface area (TPSA) is 95.3 Å². The van der Waals surface area contributed by atoms with Crippen molar-refractivity contribution < 1.29 is 4.79 Å². The van der Waals surface area contributed by atoms with Gasteiger partial charge in [-0.05, 0) is 71.1 Å². The van der Waals surface area contributed by atoms with Crippen LogP contribution in [0, 0.1) is 10.8 Å². The molecule has 7 nitrogen and oxygen atoms in total. The van der Waals surface area contributed by atoms with Crippen molar-refractivity contribution in [1.82, 2.24) is 9.80 Å². The molecular weight excluding hydrogens is 605 g/mol. The Labute approximate surface area is 272 Å². The number of nitrogens with one attached hydrogen (secondary N) is 4. The fourth-order valence-corrected chi connectivity index (χ4v) is 7.02. The molecule has 2 aromatic heterocycles. The normalized spacial score (nSPS) is 14.5. The first-order chi connectivity index (χ1) is 21.5. The molecule has 0 bridgehead atoms. The van der Waals surface area contributed by atoms with Crippen LogP contribution in [0.5, 0.6) is 0 Å². The maximum Gasteiger partial charge on any atom is 0.227 e. The van der Waals surface area contributed by atoms with Crippen molar-refractivity contribution in [3.05, 3.63) is 117 Å². The van der Waals surface area contributed by atoms with Crippen molar-refractivity contribution in [2.45, 2.75) is 19.3 Å². The maximum absolute atomic E-state index is 12.1. The standard InChI is InChI=1S/C18H21N3S.C16H17N3OS2/c19-18(17-5-4-14-22-17)20-16-8-6-15(7-9-16)10-13-21-11-2-1-3-12-21;17-16(14-2-1-8-22-14)18-13-5-3-12(4-6-13)10-15(20)19-7-9-21-11-19/h1-2,4-9,14H,3,10-13H2,(H2,19,20);1-6,8H,7,9-11H2,(H2,17,18). The second kappa shape index (κ2) is 16.4. The van der Waals surface area contributed by atoms with Crippen LogP contribution in [-0.4, -0.2) is 65.2 Å². The number of carbonyl (C=O) groups is 1. The molecule has 44 heavy (non-hydrogen) atoms. The lowest BCUT2D eigenvalue weighted by Crippen LogP contribution is -2.29. The van der Waals surface area contributed by atoms with Crippen LogP contribution < -0.4 is 10.6 Å². The molecule has 228 valence electrons. The Morgan fingerprint density at radius 3 is 1.89 bits per heavy atom. The maximum atomic E-state index is 12.1. The zero-order valence-electron chi connectivity index (χ0n) is 24.6. The van der Waals surface area contributed by atoms with E-state index in [1.54, 1.807) is 23.1 Å². The zero-order valence-corrected chi connectivity index (χ0v) is 27.1. The summed E-state index contributed by atoms with van der Waals surface area (Å²) in [5, 5.41) is 26.2. The minimum atomic E-state index is 0.192. The van der Waals surface area contributed by atoms with E-state index in [0.717, 1.165) is 64.4 Å². The van der Waals surface area contributed by atoms with Crippen molar-refractivity contribution in [1.29, 1.82) is 10.8 Å². The summed E-state index contributed by atoms with van der Waals surface area (Å²) in [5.41, 5.74) is 4.20. The molecule has 0 atom stereocenters. The number of carbonyl (C=O) groups excluding carboxylic acids is 1. The predicted octanol–water partition coefficient (Wildman–Crippen LogP) is 7.25. The Bertz CT molecular complexity index is 1510. The van der Waals surface area contributed by atoms with E-state index in [1.165, 1.54) is 29.9 Å². The molecule has 0 unspecified atom stereocenters. The fraction of sp³-hybridized carbons (Fsp3) is 0.265. The van der Waals surface area contributed by atoms with E-state index in [4.69, 9.17) is 10.8 Å². The molecule has 4 heterocycles. The van der Waals surface area contributed by atoms with Crippen LogP contribution in [-0.2, 0) is 17.6 Å². The largest absolute Gasteiger partial charge is 0.340 e. The van der Waals surface area contributed by atoms with Gasteiger partial charge in [0.25, 0.3) is 0 Å². The number of hydrogen-bond acceptors (Lipinski definition) is 7. The summed E-state index contributed by atoms with van der Waals surface area (Å²) >= 11 is 4.92. The van der Waals surface area contributed by atoms with E-state index in [2.05, 4.69) is 52.0 Å². The van der Waals surface area contributed by atoms with Gasteiger partial charge < -0.3 is 15.5 Å². The molecule has 4 N–H and O–H groups in total. The van der Waals surface area contributed by atoms with E-state index in [0.29, 0.717) is 18.1 Å². The van der Waals surface area contributed by atoms with Crippen molar-refractivity contribution in [2.24, 2.45) is 0 Å². The van der Waals surface area contributed by atoms with Crippen molar-refractivity contribution in [3.8, 4) is 0 Å². The van der Waals surface area contributed by atoms with Crippen LogP contribution in [0.4, 0.5) is 11.4 Å². The average Bonchev–Trinajstić information content (AvgIpc) is 3.87. The highest BCUT2D eigenvalue weighted by atomic mass is 32.2. The number of benzene rings is 2. The molecule has 2 aliphatic rings. The van der Waals surface area contributed by atoms with E-state index < -0.39 is 0 Å². The van der Waals surface area contributed by atoms with Gasteiger partial charge in [0.2, 0.25) is 5.91 Å². The van der Waals surface area contributed by atoms with E-state index in [9.17, 15) is 4.79 Å². The molecule has 4 aromatic rings. The summed E-state index contributed by atoms with van der Waals surface area (Å²) in [6.45, 7) is 4.23. The van der Waals surface area contributed by atoms with E-state index in [1.807, 2.05) is 64.2 Å². The monoisotopic (exact) mass is 642 g/mol. The van der Waals surface area contributed by atoms with Gasteiger partial charge in [-0.2, -0.15) is 0 Å². The fourth-order valence-electron chi connectivity index (χ4n) is 4.79. The molecule has 2 aliphatic heterocycles. The summed E-state index contributed by atoms with van der Waals surface area (Å²) in [7, 11) is 0. The van der Waals surface area contributed by atoms with Gasteiger partial charge in [-0.1, -0.05) is 48.6 Å². The number of thioether (sulfide) groups is 1. The van der Waals surface area contributed by atoms with Gasteiger partial charge >= 0.3 is 0 Å². The van der Waals surface area contributed by atoms with E-state index in [-0.39, 0.29) is 5.91 Å². The Hall–Kier alpha value is -3.70. The van der Waals surface area contributed by atoms with Crippen molar-refractivity contribution in [2.75, 3.05) is 48.4 Å². The minimum Gasteiger partial charge on any atom is -0.340 e. The third-order valence-corrected chi connectivity index (χ3v) is 10.0. The van der Waals surface area contributed by atoms with Gasteiger partial charge in [0.15, 0.2) is 0 Å². The number of rotatable bonds is 9. The third-order valence-electron chi connectivity index (χ3n) is 7.30. The predicted molar refractivity (Wildman–Crippen MR) is 189 cm³/mol. The van der Waals surface area contributed by atoms with Crippen LogP contribution in [0.15, 0.2) is 95.7 Å². The second-order valence-electron chi connectivity index (χ2n) is 10.5. The van der Waals surface area contributed by atoms with Crippen LogP contribution >= 0.6 is 34.4 Å². The van der Waals surface area contributed by atoms with Crippen LogP contribution in [0.1, 0.15) is 27.3 Å². The van der Waals surface area contributed by atoms with Crippen LogP contribution in [0.2, 0.25) is 0 Å². The van der Waals surface area contributed by atoms with Gasteiger partial charge in [-0.15, -0.1) is 34.4 Å². The number of anilines is 2. The highest BCUT2D eigenvalue weighted by Crippen LogP contribution is 2.18. The van der Waals surface area contributed by atoms with Crippen molar-refractivity contribution in [3.63, 3.8) is 0 Å². The molecule has 0 radical (unpaired) electrons. The van der Waals surface area contributed by atoms with Gasteiger partial charge in [-0.25, -0.2) is 0 Å². The van der Waals surface area contributed by atoms with Crippen LogP contribution in [0.25, 0.3) is 0 Å². The summed E-state index contributed by atoms with van der Waals surface area (Å²) < 4.78 is 0. The summed E-state index contributed by atoms with van der Waals surface area (Å²) in [4.78, 5) is 18.4. The van der Waals surface area contributed by atoms with Gasteiger partial charge in [-0.3, -0.25) is 20.5 Å². The van der Waals surface area contributed by atoms with E-state index >= 15 is 0 Å². The molecule has 0 saturated carbocycles. The van der Waals surface area contributed by atoms with Gasteiger partial charge in [0.05, 0.1) is 22.1 Å². The summed E-state index contributed by atoms with van der Waals surface area (Å²) in [5.74, 6) is 2.91. The Morgan fingerprint density at radius 2 is 1.39 bits per heavy atom. The highest BCUT2D eigenvalue weighted by molar-refractivity contribution is 7.99. The number of thiophene rings is 2. The smallest absolute Gasteiger partial charge is 0.227 e. The molecule has 2 aromatic carbocycles. The Morgan fingerprint density at radius 1 is 0.773 bits per heavy atom. The molecule has 6 rings (SSSR count). The SMILES string of the molecule is N=C(Nc1ccc(CC(=O)N2CCSC2)cc1)c1cccs1.N=C(Nc1ccc(CCN2CC=CCC2)cc1)c1cccs1. The highest BCUT2D eigenvalue weighted by Gasteiger charge is 2.18. The van der Waals surface area contributed by atoms with Gasteiger partial charge in [0.1, 0.15) is 11.7 Å². The first-order valence-electron chi connectivity index (χ1n) is 14.7. The number of amidine groups is 2. The quantitative estimate of drug-likeness (QED) is 0.0877. The minimum absolute atomic E-state index is 0.192. The lowest BCUT2D eigenvalue weighted by atomic mass is 10.1. The molecule has 0 spiro atoms. The van der Waals surface area contributed by atoms with Gasteiger partial charge in [0, 0.05) is 43.3 Å². The Balaban J connectivity index is 0.000000175. The Kier molecular flexibility index (Phi) is 11.8. The first-order valence-corrected chi connectivity index (χ1v) is 17.6. The molecule has 10 heteroatoms.